The molecule has 1 saturated carbocycles. The van der Waals surface area contributed by atoms with Gasteiger partial charge in [-0.05, 0) is 24.0 Å². The van der Waals surface area contributed by atoms with Gasteiger partial charge in [-0.2, -0.15) is 0 Å². The molecule has 17 heavy (non-hydrogen) atoms. The lowest BCUT2D eigenvalue weighted by atomic mass is 9.63. The van der Waals surface area contributed by atoms with E-state index in [1.54, 1.807) is 7.11 Å². The molecule has 3 heteroatoms. The number of aliphatic hydroxyl groups is 1. The second-order valence-electron chi connectivity index (χ2n) is 5.00. The van der Waals surface area contributed by atoms with Gasteiger partial charge in [0.15, 0.2) is 0 Å². The van der Waals surface area contributed by atoms with Crippen molar-refractivity contribution in [2.24, 2.45) is 11.1 Å². The molecule has 94 valence electrons. The van der Waals surface area contributed by atoms with Crippen LogP contribution in [0.5, 0.6) is 0 Å². The lowest BCUT2D eigenvalue weighted by Crippen LogP contribution is -2.42. The molecule has 2 rings (SSSR count). The molecular weight excluding hydrogens is 214 g/mol. The number of rotatable bonds is 5. The summed E-state index contributed by atoms with van der Waals surface area (Å²) in [6.45, 7) is 1.14. The normalized spacial score (nSPS) is 19.7. The van der Waals surface area contributed by atoms with Crippen LogP contribution < -0.4 is 5.73 Å². The minimum Gasteiger partial charge on any atom is -0.388 e. The van der Waals surface area contributed by atoms with Crippen molar-refractivity contribution in [2.75, 3.05) is 13.7 Å². The lowest BCUT2D eigenvalue weighted by Gasteiger charge is -2.45. The fraction of sp³-hybridized carbons (Fsp3) is 0.571. The summed E-state index contributed by atoms with van der Waals surface area (Å²) in [7, 11) is 1.68. The van der Waals surface area contributed by atoms with Gasteiger partial charge in [0.1, 0.15) is 0 Å². The van der Waals surface area contributed by atoms with Gasteiger partial charge in [0.05, 0.1) is 12.7 Å². The van der Waals surface area contributed by atoms with E-state index in [2.05, 4.69) is 0 Å². The van der Waals surface area contributed by atoms with Crippen LogP contribution in [0.15, 0.2) is 24.3 Å². The van der Waals surface area contributed by atoms with Crippen LogP contribution in [0, 0.1) is 5.41 Å². The van der Waals surface area contributed by atoms with Crippen molar-refractivity contribution in [2.45, 2.75) is 32.0 Å². The van der Waals surface area contributed by atoms with Crippen molar-refractivity contribution >= 4 is 0 Å². The highest BCUT2D eigenvalue weighted by molar-refractivity contribution is 5.27. The van der Waals surface area contributed by atoms with Crippen LogP contribution >= 0.6 is 0 Å². The molecule has 0 aromatic heterocycles. The molecule has 0 radical (unpaired) electrons. The van der Waals surface area contributed by atoms with Crippen LogP contribution in [0.2, 0.25) is 0 Å². The van der Waals surface area contributed by atoms with E-state index in [9.17, 15) is 5.11 Å². The average Bonchev–Trinajstić information content (AvgIpc) is 2.29. The fourth-order valence-electron chi connectivity index (χ4n) is 2.59. The van der Waals surface area contributed by atoms with Crippen molar-refractivity contribution in [1.82, 2.24) is 0 Å². The molecular formula is C14H21NO2. The summed E-state index contributed by atoms with van der Waals surface area (Å²) in [6.07, 6.45) is 2.78. The highest BCUT2D eigenvalue weighted by atomic mass is 16.5. The number of aliphatic hydroxyl groups excluding tert-OH is 1. The second kappa shape index (κ2) is 5.17. The molecule has 0 amide bonds. The third-order valence-electron chi connectivity index (χ3n) is 3.91. The number of ether oxygens (including phenoxy) is 1. The Bertz CT molecular complexity index is 369. The van der Waals surface area contributed by atoms with Crippen molar-refractivity contribution in [1.29, 1.82) is 0 Å². The van der Waals surface area contributed by atoms with E-state index >= 15 is 0 Å². The topological polar surface area (TPSA) is 55.5 Å². The summed E-state index contributed by atoms with van der Waals surface area (Å²) in [5.41, 5.74) is 7.78. The maximum Gasteiger partial charge on any atom is 0.0858 e. The molecule has 1 unspecified atom stereocenters. The molecule has 1 fully saturated rings. The molecule has 1 aromatic rings. The second-order valence-corrected chi connectivity index (χ2v) is 5.00. The Labute approximate surface area is 103 Å². The van der Waals surface area contributed by atoms with Gasteiger partial charge in [0, 0.05) is 19.1 Å². The number of methoxy groups -OCH3 is 1. The molecule has 0 spiro atoms. The van der Waals surface area contributed by atoms with Gasteiger partial charge < -0.3 is 15.6 Å². The van der Waals surface area contributed by atoms with E-state index < -0.39 is 6.10 Å². The fourth-order valence-corrected chi connectivity index (χ4v) is 2.59. The summed E-state index contributed by atoms with van der Waals surface area (Å²) >= 11 is 0. The Kier molecular flexibility index (Phi) is 3.82. The Morgan fingerprint density at radius 2 is 2.24 bits per heavy atom. The maximum atomic E-state index is 10.5. The molecule has 3 nitrogen and oxygen atoms in total. The number of hydrogen-bond donors (Lipinski definition) is 2. The van der Waals surface area contributed by atoms with Gasteiger partial charge in [-0.1, -0.05) is 30.7 Å². The minimum absolute atomic E-state index is 0.0916. The monoisotopic (exact) mass is 235 g/mol. The first-order chi connectivity index (χ1) is 8.22. The lowest BCUT2D eigenvalue weighted by molar-refractivity contribution is -0.0297. The van der Waals surface area contributed by atoms with Crippen LogP contribution in [0.25, 0.3) is 0 Å². The summed E-state index contributed by atoms with van der Waals surface area (Å²) in [5.74, 6) is 0. The zero-order valence-electron chi connectivity index (χ0n) is 10.4. The first-order valence-electron chi connectivity index (χ1n) is 6.18. The van der Waals surface area contributed by atoms with Crippen molar-refractivity contribution in [3.63, 3.8) is 0 Å². The van der Waals surface area contributed by atoms with Gasteiger partial charge in [-0.25, -0.2) is 0 Å². The Hall–Kier alpha value is -0.900. The van der Waals surface area contributed by atoms with Gasteiger partial charge >= 0.3 is 0 Å². The van der Waals surface area contributed by atoms with Crippen LogP contribution in [-0.4, -0.2) is 18.8 Å². The zero-order valence-corrected chi connectivity index (χ0v) is 10.4. The predicted molar refractivity (Wildman–Crippen MR) is 67.5 cm³/mol. The highest BCUT2D eigenvalue weighted by Crippen LogP contribution is 2.49. The minimum atomic E-state index is -0.446. The van der Waals surface area contributed by atoms with Crippen molar-refractivity contribution < 1.29 is 9.84 Å². The van der Waals surface area contributed by atoms with Gasteiger partial charge in [0.2, 0.25) is 0 Å². The predicted octanol–water partition coefficient (Wildman–Crippen LogP) is 2.00. The largest absolute Gasteiger partial charge is 0.388 e. The summed E-state index contributed by atoms with van der Waals surface area (Å²) in [5, 5.41) is 10.5. The van der Waals surface area contributed by atoms with E-state index in [4.69, 9.17) is 10.5 Å². The molecule has 0 aliphatic heterocycles. The van der Waals surface area contributed by atoms with Crippen molar-refractivity contribution in [3.8, 4) is 0 Å². The van der Waals surface area contributed by atoms with Gasteiger partial charge in [0.25, 0.3) is 0 Å². The number of nitrogens with two attached hydrogens (primary N) is 1. The Balaban J connectivity index is 2.18. The molecule has 0 bridgehead atoms. The molecule has 1 aromatic carbocycles. The third kappa shape index (κ3) is 2.37. The van der Waals surface area contributed by atoms with E-state index in [0.29, 0.717) is 13.2 Å². The highest BCUT2D eigenvalue weighted by Gasteiger charge is 2.42. The molecule has 1 aliphatic carbocycles. The van der Waals surface area contributed by atoms with Crippen LogP contribution in [0.1, 0.15) is 36.5 Å². The number of benzene rings is 1. The maximum absolute atomic E-state index is 10.5. The average molecular weight is 235 g/mol. The molecule has 0 heterocycles. The van der Waals surface area contributed by atoms with Gasteiger partial charge in [-0.15, -0.1) is 0 Å². The Morgan fingerprint density at radius 1 is 1.47 bits per heavy atom. The van der Waals surface area contributed by atoms with Crippen LogP contribution in [0.3, 0.4) is 0 Å². The van der Waals surface area contributed by atoms with E-state index in [-0.39, 0.29) is 5.41 Å². The quantitative estimate of drug-likeness (QED) is 0.820. The molecule has 1 atom stereocenters. The van der Waals surface area contributed by atoms with Crippen LogP contribution in [-0.2, 0) is 11.3 Å². The summed E-state index contributed by atoms with van der Waals surface area (Å²) in [6, 6.07) is 7.97. The first-order valence-corrected chi connectivity index (χ1v) is 6.18. The van der Waals surface area contributed by atoms with E-state index in [1.807, 2.05) is 24.3 Å². The summed E-state index contributed by atoms with van der Waals surface area (Å²) < 4.78 is 5.11. The van der Waals surface area contributed by atoms with E-state index in [1.165, 1.54) is 6.42 Å². The third-order valence-corrected chi connectivity index (χ3v) is 3.91. The number of hydrogen-bond acceptors (Lipinski definition) is 3. The van der Waals surface area contributed by atoms with E-state index in [0.717, 1.165) is 24.0 Å². The van der Waals surface area contributed by atoms with Gasteiger partial charge in [-0.3, -0.25) is 0 Å². The van der Waals surface area contributed by atoms with Crippen molar-refractivity contribution in [3.05, 3.63) is 35.4 Å². The molecule has 3 N–H and O–H groups in total. The molecule has 1 aliphatic rings. The standard InChI is InChI=1S/C14H21NO2/c1-17-9-11-4-2-5-12(8-11)13(16)14(10-15)6-3-7-14/h2,4-5,8,13,16H,3,6-7,9-10,15H2,1H3. The smallest absolute Gasteiger partial charge is 0.0858 e. The summed E-state index contributed by atoms with van der Waals surface area (Å²) in [4.78, 5) is 0. The van der Waals surface area contributed by atoms with Crippen LogP contribution in [0.4, 0.5) is 0 Å². The first kappa shape index (κ1) is 12.6. The molecule has 0 saturated heterocycles. The zero-order chi connectivity index (χ0) is 12.3. The Morgan fingerprint density at radius 3 is 2.76 bits per heavy atom. The SMILES string of the molecule is COCc1cccc(C(O)C2(CN)CCC2)c1.